The van der Waals surface area contributed by atoms with E-state index in [0.717, 1.165) is 11.3 Å². The molecule has 0 bridgehead atoms. The van der Waals surface area contributed by atoms with Gasteiger partial charge in [-0.15, -0.1) is 0 Å². The monoisotopic (exact) mass is 158 g/mol. The topological polar surface area (TPSA) is 49.4 Å². The van der Waals surface area contributed by atoms with Gasteiger partial charge >= 0.3 is 6.03 Å². The van der Waals surface area contributed by atoms with Gasteiger partial charge in [-0.1, -0.05) is 6.92 Å². The van der Waals surface area contributed by atoms with Crippen LogP contribution in [0.5, 0.6) is 0 Å². The van der Waals surface area contributed by atoms with Gasteiger partial charge in [-0.25, -0.2) is 4.79 Å². The summed E-state index contributed by atoms with van der Waals surface area (Å²) in [6, 6.07) is -0.358. The van der Waals surface area contributed by atoms with Gasteiger partial charge in [0.1, 0.15) is 0 Å². The molecule has 0 aromatic rings. The molecule has 0 saturated heterocycles. The van der Waals surface area contributed by atoms with Crippen molar-refractivity contribution in [2.75, 3.05) is 14.1 Å². The molecular formula is C7H14N2O2. The number of amides is 3. The molecule has 0 aliphatic heterocycles. The van der Waals surface area contributed by atoms with Gasteiger partial charge in [-0.3, -0.25) is 9.69 Å². The van der Waals surface area contributed by atoms with Crippen molar-refractivity contribution in [2.45, 2.75) is 19.8 Å². The molecule has 4 heteroatoms. The fourth-order valence-electron chi connectivity index (χ4n) is 0.663. The number of rotatable bonds is 2. The number of hydrogen-bond donors (Lipinski definition) is 1. The highest BCUT2D eigenvalue weighted by Gasteiger charge is 2.12. The van der Waals surface area contributed by atoms with Gasteiger partial charge in [-0.05, 0) is 6.42 Å². The maximum Gasteiger partial charge on any atom is 0.323 e. The van der Waals surface area contributed by atoms with Gasteiger partial charge in [0.15, 0.2) is 0 Å². The summed E-state index contributed by atoms with van der Waals surface area (Å²) in [6.45, 7) is 1.90. The van der Waals surface area contributed by atoms with E-state index in [1.165, 1.54) is 14.1 Å². The minimum absolute atomic E-state index is 0.146. The van der Waals surface area contributed by atoms with Crippen LogP contribution in [0.3, 0.4) is 0 Å². The lowest BCUT2D eigenvalue weighted by molar-refractivity contribution is -0.127. The highest BCUT2D eigenvalue weighted by atomic mass is 16.2. The Kier molecular flexibility index (Phi) is 4.26. The predicted molar refractivity (Wildman–Crippen MR) is 42.1 cm³/mol. The van der Waals surface area contributed by atoms with Gasteiger partial charge in [0.2, 0.25) is 5.91 Å². The Hall–Kier alpha value is -1.06. The Labute approximate surface area is 66.6 Å². The average Bonchev–Trinajstić information content (AvgIpc) is 2.02. The Balaban J connectivity index is 3.91. The third-order valence-electron chi connectivity index (χ3n) is 1.36. The second-order valence-corrected chi connectivity index (χ2v) is 2.26. The van der Waals surface area contributed by atoms with Gasteiger partial charge in [0, 0.05) is 20.5 Å². The van der Waals surface area contributed by atoms with Crippen molar-refractivity contribution in [3.05, 3.63) is 0 Å². The number of carbonyl (C=O) groups is 2. The first-order chi connectivity index (χ1) is 5.13. The van der Waals surface area contributed by atoms with Crippen LogP contribution in [-0.4, -0.2) is 30.9 Å². The molecule has 4 nitrogen and oxygen atoms in total. The second kappa shape index (κ2) is 4.71. The molecule has 1 N–H and O–H groups in total. The molecule has 0 heterocycles. The van der Waals surface area contributed by atoms with Gasteiger partial charge in [-0.2, -0.15) is 0 Å². The second-order valence-electron chi connectivity index (χ2n) is 2.26. The van der Waals surface area contributed by atoms with E-state index in [9.17, 15) is 9.59 Å². The van der Waals surface area contributed by atoms with Crippen LogP contribution in [0.15, 0.2) is 0 Å². The molecule has 0 aromatic carbocycles. The molecule has 0 spiro atoms. The minimum atomic E-state index is -0.358. The number of nitrogens with zero attached hydrogens (tertiary/aromatic N) is 1. The number of urea groups is 1. The minimum Gasteiger partial charge on any atom is -0.341 e. The smallest absolute Gasteiger partial charge is 0.323 e. The molecule has 0 radical (unpaired) electrons. The fourth-order valence-corrected chi connectivity index (χ4v) is 0.663. The van der Waals surface area contributed by atoms with Crippen molar-refractivity contribution in [2.24, 2.45) is 0 Å². The maximum atomic E-state index is 11.0. The van der Waals surface area contributed by atoms with Crippen LogP contribution in [0.1, 0.15) is 19.8 Å². The largest absolute Gasteiger partial charge is 0.341 e. The Morgan fingerprint density at radius 2 is 2.00 bits per heavy atom. The van der Waals surface area contributed by atoms with Crippen molar-refractivity contribution >= 4 is 11.9 Å². The highest BCUT2D eigenvalue weighted by molar-refractivity contribution is 5.93. The van der Waals surface area contributed by atoms with Crippen molar-refractivity contribution in [3.63, 3.8) is 0 Å². The van der Waals surface area contributed by atoms with Crippen LogP contribution in [-0.2, 0) is 4.79 Å². The van der Waals surface area contributed by atoms with Crippen LogP contribution in [0.25, 0.3) is 0 Å². The number of hydrogen-bond acceptors (Lipinski definition) is 2. The molecule has 0 rings (SSSR count). The third kappa shape index (κ3) is 3.02. The van der Waals surface area contributed by atoms with Crippen LogP contribution in [0, 0.1) is 0 Å². The van der Waals surface area contributed by atoms with E-state index < -0.39 is 0 Å². The summed E-state index contributed by atoms with van der Waals surface area (Å²) >= 11 is 0. The molecule has 0 aromatic heterocycles. The van der Waals surface area contributed by atoms with Crippen LogP contribution in [0.2, 0.25) is 0 Å². The SMILES string of the molecule is CCCC(=O)N(C)C(=O)NC. The van der Waals surface area contributed by atoms with Gasteiger partial charge in [0.25, 0.3) is 0 Å². The molecule has 3 amide bonds. The molecule has 0 unspecified atom stereocenters. The van der Waals surface area contributed by atoms with Crippen molar-refractivity contribution in [3.8, 4) is 0 Å². The van der Waals surface area contributed by atoms with Gasteiger partial charge in [0.05, 0.1) is 0 Å². The molecule has 11 heavy (non-hydrogen) atoms. The summed E-state index contributed by atoms with van der Waals surface area (Å²) in [5, 5.41) is 2.37. The molecule has 64 valence electrons. The zero-order valence-electron chi connectivity index (χ0n) is 7.18. The molecule has 0 aliphatic rings. The van der Waals surface area contributed by atoms with Crippen molar-refractivity contribution in [1.29, 1.82) is 0 Å². The lowest BCUT2D eigenvalue weighted by atomic mass is 10.3. The van der Waals surface area contributed by atoms with E-state index in [0.29, 0.717) is 6.42 Å². The molecule has 0 saturated carbocycles. The van der Waals surface area contributed by atoms with Crippen molar-refractivity contribution in [1.82, 2.24) is 10.2 Å². The zero-order valence-corrected chi connectivity index (χ0v) is 7.18. The van der Waals surface area contributed by atoms with Crippen molar-refractivity contribution < 1.29 is 9.59 Å². The van der Waals surface area contributed by atoms with Crippen LogP contribution < -0.4 is 5.32 Å². The van der Waals surface area contributed by atoms with E-state index in [4.69, 9.17) is 0 Å². The number of imide groups is 1. The summed E-state index contributed by atoms with van der Waals surface area (Å²) in [4.78, 5) is 22.9. The fraction of sp³-hybridized carbons (Fsp3) is 0.714. The summed E-state index contributed by atoms with van der Waals surface area (Å²) in [6.07, 6.45) is 1.18. The van der Waals surface area contributed by atoms with E-state index >= 15 is 0 Å². The Morgan fingerprint density at radius 1 is 1.45 bits per heavy atom. The summed E-state index contributed by atoms with van der Waals surface area (Å²) in [7, 11) is 2.97. The first kappa shape index (κ1) is 9.94. The first-order valence-electron chi connectivity index (χ1n) is 3.61. The highest BCUT2D eigenvalue weighted by Crippen LogP contribution is 1.94. The zero-order chi connectivity index (χ0) is 8.85. The first-order valence-corrected chi connectivity index (χ1v) is 3.61. The summed E-state index contributed by atoms with van der Waals surface area (Å²) < 4.78 is 0. The summed E-state index contributed by atoms with van der Waals surface area (Å²) in [5.41, 5.74) is 0. The quantitative estimate of drug-likeness (QED) is 0.639. The molecule has 0 fully saturated rings. The standard InChI is InChI=1S/C7H14N2O2/c1-4-5-6(10)9(3)7(11)8-2/h4-5H2,1-3H3,(H,8,11). The predicted octanol–water partition coefficient (Wildman–Crippen LogP) is 0.584. The normalized spacial score (nSPS) is 9.00. The number of nitrogens with one attached hydrogen (secondary N) is 1. The molecule has 0 aliphatic carbocycles. The van der Waals surface area contributed by atoms with Gasteiger partial charge < -0.3 is 5.32 Å². The lowest BCUT2D eigenvalue weighted by Gasteiger charge is -2.13. The Bertz CT molecular complexity index is 157. The average molecular weight is 158 g/mol. The lowest BCUT2D eigenvalue weighted by Crippen LogP contribution is -2.39. The maximum absolute atomic E-state index is 11.0. The summed E-state index contributed by atoms with van der Waals surface area (Å²) in [5.74, 6) is -0.146. The van der Waals surface area contributed by atoms with E-state index in [-0.39, 0.29) is 11.9 Å². The van der Waals surface area contributed by atoms with E-state index in [1.54, 1.807) is 0 Å². The molecular weight excluding hydrogens is 144 g/mol. The number of carbonyl (C=O) groups excluding carboxylic acids is 2. The third-order valence-corrected chi connectivity index (χ3v) is 1.36. The van der Waals surface area contributed by atoms with E-state index in [2.05, 4.69) is 5.32 Å². The Morgan fingerprint density at radius 3 is 2.36 bits per heavy atom. The van der Waals surface area contributed by atoms with Crippen LogP contribution >= 0.6 is 0 Å². The molecule has 0 atom stereocenters. The van der Waals surface area contributed by atoms with Crippen LogP contribution in [0.4, 0.5) is 4.79 Å². The van der Waals surface area contributed by atoms with E-state index in [1.807, 2.05) is 6.92 Å².